The van der Waals surface area contributed by atoms with Crippen LogP contribution in [0.5, 0.6) is 11.5 Å². The van der Waals surface area contributed by atoms with Crippen molar-refractivity contribution in [2.45, 2.75) is 19.8 Å². The number of benzene rings is 1. The number of fused-ring (bicyclic) bond motifs is 1. The van der Waals surface area contributed by atoms with Crippen LogP contribution in [0.3, 0.4) is 0 Å². The number of carbonyl (C=O) groups is 1. The Morgan fingerprint density at radius 2 is 2.00 bits per heavy atom. The highest BCUT2D eigenvalue weighted by Crippen LogP contribution is 2.39. The molecule has 1 aromatic carbocycles. The number of Topliss-reactive ketones (excluding diaryl/α,β-unsaturated/α-hetero) is 1. The first-order chi connectivity index (χ1) is 7.68. The molecule has 0 aromatic heterocycles. The summed E-state index contributed by atoms with van der Waals surface area (Å²) in [6, 6.07) is 3.56. The van der Waals surface area contributed by atoms with Crippen molar-refractivity contribution in [2.24, 2.45) is 0 Å². The molecular formula is C12H13ClO3. The molecule has 0 amide bonds. The van der Waals surface area contributed by atoms with E-state index < -0.39 is 0 Å². The molecule has 0 unspecified atom stereocenters. The molecule has 1 heterocycles. The van der Waals surface area contributed by atoms with E-state index in [1.807, 2.05) is 6.07 Å². The number of carbonyl (C=O) groups excluding carboxylic acids is 1. The standard InChI is InChI=1S/C12H13ClO3/c1-8(14)7-9-3-4-10(13)12-11(9)15-5-2-6-16-12/h3-4H,2,5-7H2,1H3. The number of hydrogen-bond acceptors (Lipinski definition) is 3. The van der Waals surface area contributed by atoms with Crippen LogP contribution in [0.15, 0.2) is 12.1 Å². The summed E-state index contributed by atoms with van der Waals surface area (Å²) in [5, 5.41) is 0.532. The Bertz CT molecular complexity index is 415. The van der Waals surface area contributed by atoms with Crippen LogP contribution < -0.4 is 9.47 Å². The second-order valence-corrected chi connectivity index (χ2v) is 4.20. The quantitative estimate of drug-likeness (QED) is 0.797. The van der Waals surface area contributed by atoms with Gasteiger partial charge in [0, 0.05) is 18.4 Å². The molecule has 1 aliphatic heterocycles. The van der Waals surface area contributed by atoms with E-state index in [4.69, 9.17) is 21.1 Å². The van der Waals surface area contributed by atoms with Gasteiger partial charge in [0.1, 0.15) is 5.78 Å². The van der Waals surface area contributed by atoms with Gasteiger partial charge in [-0.1, -0.05) is 17.7 Å². The summed E-state index contributed by atoms with van der Waals surface area (Å²) in [4.78, 5) is 11.1. The second-order valence-electron chi connectivity index (χ2n) is 3.79. The van der Waals surface area contributed by atoms with E-state index in [-0.39, 0.29) is 5.78 Å². The van der Waals surface area contributed by atoms with Gasteiger partial charge in [-0.15, -0.1) is 0 Å². The van der Waals surface area contributed by atoms with Gasteiger partial charge in [0.15, 0.2) is 11.5 Å². The zero-order valence-corrected chi connectivity index (χ0v) is 9.84. The lowest BCUT2D eigenvalue weighted by atomic mass is 10.1. The molecule has 1 aromatic rings. The van der Waals surface area contributed by atoms with Gasteiger partial charge in [0.25, 0.3) is 0 Å². The smallest absolute Gasteiger partial charge is 0.180 e. The number of ether oxygens (including phenoxy) is 2. The molecule has 4 heteroatoms. The van der Waals surface area contributed by atoms with Crippen LogP contribution in [-0.4, -0.2) is 19.0 Å². The molecule has 0 bridgehead atoms. The Balaban J connectivity index is 2.43. The first-order valence-corrected chi connectivity index (χ1v) is 5.62. The molecule has 0 saturated carbocycles. The maximum Gasteiger partial charge on any atom is 0.180 e. The van der Waals surface area contributed by atoms with E-state index in [9.17, 15) is 4.79 Å². The van der Waals surface area contributed by atoms with Crippen molar-refractivity contribution < 1.29 is 14.3 Å². The number of ketones is 1. The zero-order chi connectivity index (χ0) is 11.5. The van der Waals surface area contributed by atoms with Crippen LogP contribution >= 0.6 is 11.6 Å². The molecule has 0 spiro atoms. The van der Waals surface area contributed by atoms with Gasteiger partial charge in [0.2, 0.25) is 0 Å². The van der Waals surface area contributed by atoms with Crippen molar-refractivity contribution in [2.75, 3.05) is 13.2 Å². The summed E-state index contributed by atoms with van der Waals surface area (Å²) >= 11 is 6.03. The van der Waals surface area contributed by atoms with Gasteiger partial charge in [-0.05, 0) is 13.0 Å². The summed E-state index contributed by atoms with van der Waals surface area (Å²) in [5.41, 5.74) is 0.841. The lowest BCUT2D eigenvalue weighted by Crippen LogP contribution is -2.02. The van der Waals surface area contributed by atoms with Gasteiger partial charge in [0.05, 0.1) is 18.2 Å². The molecule has 16 heavy (non-hydrogen) atoms. The van der Waals surface area contributed by atoms with Crippen molar-refractivity contribution in [3.05, 3.63) is 22.7 Å². The SMILES string of the molecule is CC(=O)Cc1ccc(Cl)c2c1OCCCO2. The topological polar surface area (TPSA) is 35.5 Å². The average molecular weight is 241 g/mol. The van der Waals surface area contributed by atoms with Crippen molar-refractivity contribution in [3.8, 4) is 11.5 Å². The van der Waals surface area contributed by atoms with E-state index in [0.29, 0.717) is 36.2 Å². The van der Waals surface area contributed by atoms with Gasteiger partial charge < -0.3 is 9.47 Å². The van der Waals surface area contributed by atoms with Crippen LogP contribution in [0.25, 0.3) is 0 Å². The monoisotopic (exact) mass is 240 g/mol. The Labute approximate surface area is 99.3 Å². The van der Waals surface area contributed by atoms with Crippen LogP contribution in [0.1, 0.15) is 18.9 Å². The maximum absolute atomic E-state index is 11.1. The van der Waals surface area contributed by atoms with Crippen LogP contribution in [-0.2, 0) is 11.2 Å². The molecule has 86 valence electrons. The third-order valence-electron chi connectivity index (χ3n) is 2.37. The van der Waals surface area contributed by atoms with E-state index in [1.54, 1.807) is 13.0 Å². The minimum absolute atomic E-state index is 0.0948. The second kappa shape index (κ2) is 4.74. The molecule has 3 nitrogen and oxygen atoms in total. The molecule has 1 aliphatic rings. The predicted octanol–water partition coefficient (Wildman–Crippen LogP) is 2.63. The Morgan fingerprint density at radius 1 is 1.31 bits per heavy atom. The van der Waals surface area contributed by atoms with E-state index in [1.165, 1.54) is 0 Å². The molecule has 0 fully saturated rings. The van der Waals surface area contributed by atoms with E-state index in [0.717, 1.165) is 12.0 Å². The Morgan fingerprint density at radius 3 is 2.69 bits per heavy atom. The molecule has 0 atom stereocenters. The normalized spacial score (nSPS) is 14.4. The molecular weight excluding hydrogens is 228 g/mol. The third kappa shape index (κ3) is 2.30. The minimum Gasteiger partial charge on any atom is -0.489 e. The van der Waals surface area contributed by atoms with Gasteiger partial charge in [-0.2, -0.15) is 0 Å². The lowest BCUT2D eigenvalue weighted by molar-refractivity contribution is -0.116. The summed E-state index contributed by atoms with van der Waals surface area (Å²) in [6.07, 6.45) is 1.17. The van der Waals surface area contributed by atoms with Crippen LogP contribution in [0, 0.1) is 0 Å². The van der Waals surface area contributed by atoms with E-state index in [2.05, 4.69) is 0 Å². The highest BCUT2D eigenvalue weighted by atomic mass is 35.5. The van der Waals surface area contributed by atoms with Crippen molar-refractivity contribution >= 4 is 17.4 Å². The summed E-state index contributed by atoms with van der Waals surface area (Å²) in [6.45, 7) is 2.74. The molecule has 0 radical (unpaired) electrons. The van der Waals surface area contributed by atoms with E-state index >= 15 is 0 Å². The zero-order valence-electron chi connectivity index (χ0n) is 9.09. The number of hydrogen-bond donors (Lipinski definition) is 0. The average Bonchev–Trinajstić information content (AvgIpc) is 2.47. The van der Waals surface area contributed by atoms with Crippen molar-refractivity contribution in [3.63, 3.8) is 0 Å². The first-order valence-electron chi connectivity index (χ1n) is 5.25. The van der Waals surface area contributed by atoms with Gasteiger partial charge in [-0.25, -0.2) is 0 Å². The van der Waals surface area contributed by atoms with Gasteiger partial charge in [-0.3, -0.25) is 4.79 Å². The van der Waals surface area contributed by atoms with Crippen molar-refractivity contribution in [1.29, 1.82) is 0 Å². The largest absolute Gasteiger partial charge is 0.489 e. The lowest BCUT2D eigenvalue weighted by Gasteiger charge is -2.12. The summed E-state index contributed by atoms with van der Waals surface area (Å²) in [5.74, 6) is 1.29. The van der Waals surface area contributed by atoms with Crippen LogP contribution in [0.2, 0.25) is 5.02 Å². The first kappa shape index (κ1) is 11.3. The molecule has 0 aliphatic carbocycles. The highest BCUT2D eigenvalue weighted by Gasteiger charge is 2.18. The fourth-order valence-corrected chi connectivity index (χ4v) is 1.89. The van der Waals surface area contributed by atoms with Crippen molar-refractivity contribution in [1.82, 2.24) is 0 Å². The number of rotatable bonds is 2. The Kier molecular flexibility index (Phi) is 3.34. The predicted molar refractivity (Wildman–Crippen MR) is 61.4 cm³/mol. The minimum atomic E-state index is 0.0948. The van der Waals surface area contributed by atoms with Gasteiger partial charge >= 0.3 is 0 Å². The molecule has 0 N–H and O–H groups in total. The molecule has 2 rings (SSSR count). The fourth-order valence-electron chi connectivity index (χ4n) is 1.69. The fraction of sp³-hybridized carbons (Fsp3) is 0.417. The third-order valence-corrected chi connectivity index (χ3v) is 2.66. The number of halogens is 1. The summed E-state index contributed by atoms with van der Waals surface area (Å²) < 4.78 is 11.1. The molecule has 0 saturated heterocycles. The Hall–Kier alpha value is -1.22. The summed E-state index contributed by atoms with van der Waals surface area (Å²) in [7, 11) is 0. The highest BCUT2D eigenvalue weighted by molar-refractivity contribution is 6.32. The van der Waals surface area contributed by atoms with Crippen LogP contribution in [0.4, 0.5) is 0 Å². The maximum atomic E-state index is 11.1.